The molecule has 7 heteroatoms. The number of ether oxygens (including phenoxy) is 1. The fourth-order valence-corrected chi connectivity index (χ4v) is 4.86. The number of nitrogens with zero attached hydrogens (tertiary/aromatic N) is 2. The van der Waals surface area contributed by atoms with Crippen LogP contribution in [0.15, 0.2) is 53.4 Å². The van der Waals surface area contributed by atoms with Gasteiger partial charge < -0.3 is 9.64 Å². The van der Waals surface area contributed by atoms with Crippen LogP contribution in [-0.4, -0.2) is 44.9 Å². The summed E-state index contributed by atoms with van der Waals surface area (Å²) in [5.74, 6) is 0.967. The highest BCUT2D eigenvalue weighted by Crippen LogP contribution is 2.38. The number of methoxy groups -OCH3 is 1. The van der Waals surface area contributed by atoms with Crippen LogP contribution in [0.25, 0.3) is 0 Å². The molecule has 2 aromatic rings. The molecule has 30 heavy (non-hydrogen) atoms. The van der Waals surface area contributed by atoms with E-state index in [0.717, 1.165) is 24.3 Å². The molecule has 1 fully saturated rings. The Morgan fingerprint density at radius 2 is 1.70 bits per heavy atom. The number of carbonyl (C=O) groups excluding carboxylic acids is 1. The fourth-order valence-electron chi connectivity index (χ4n) is 3.44. The highest BCUT2D eigenvalue weighted by atomic mass is 32.2. The standard InChI is InChI=1S/C23H30N2O4S/c1-16(2)24(4)30(27,28)22-8-6-7-19(15-22)23(26)25(17(3)18-9-10-18)20-11-13-21(29-5)14-12-20/h6-8,11-18H,9-10H2,1-5H3. The van der Waals surface area contributed by atoms with Crippen LogP contribution in [0.2, 0.25) is 0 Å². The maximum Gasteiger partial charge on any atom is 0.258 e. The molecule has 1 aliphatic rings. The highest BCUT2D eigenvalue weighted by molar-refractivity contribution is 7.89. The molecule has 162 valence electrons. The highest BCUT2D eigenvalue weighted by Gasteiger charge is 2.36. The van der Waals surface area contributed by atoms with E-state index in [1.54, 1.807) is 31.2 Å². The van der Waals surface area contributed by atoms with Crippen molar-refractivity contribution in [3.05, 3.63) is 54.1 Å². The second kappa shape index (κ2) is 8.78. The van der Waals surface area contributed by atoms with E-state index in [4.69, 9.17) is 4.74 Å². The van der Waals surface area contributed by atoms with Crippen LogP contribution in [0, 0.1) is 5.92 Å². The lowest BCUT2D eigenvalue weighted by atomic mass is 10.1. The van der Waals surface area contributed by atoms with E-state index in [9.17, 15) is 13.2 Å². The number of carbonyl (C=O) groups is 1. The third-order valence-electron chi connectivity index (χ3n) is 5.77. The van der Waals surface area contributed by atoms with Crippen molar-refractivity contribution in [1.29, 1.82) is 0 Å². The van der Waals surface area contributed by atoms with Crippen molar-refractivity contribution in [3.63, 3.8) is 0 Å². The van der Waals surface area contributed by atoms with Gasteiger partial charge in [0.25, 0.3) is 5.91 Å². The van der Waals surface area contributed by atoms with Gasteiger partial charge in [0.05, 0.1) is 12.0 Å². The molecule has 0 radical (unpaired) electrons. The molecule has 0 aliphatic heterocycles. The molecule has 1 unspecified atom stereocenters. The number of amides is 1. The molecule has 0 bridgehead atoms. The van der Waals surface area contributed by atoms with Crippen molar-refractivity contribution in [2.45, 2.75) is 50.6 Å². The van der Waals surface area contributed by atoms with Gasteiger partial charge in [-0.15, -0.1) is 0 Å². The Morgan fingerprint density at radius 1 is 1.07 bits per heavy atom. The Morgan fingerprint density at radius 3 is 2.23 bits per heavy atom. The summed E-state index contributed by atoms with van der Waals surface area (Å²) in [6.07, 6.45) is 2.18. The smallest absolute Gasteiger partial charge is 0.258 e. The summed E-state index contributed by atoms with van der Waals surface area (Å²) in [4.78, 5) is 15.4. The zero-order valence-electron chi connectivity index (χ0n) is 18.2. The van der Waals surface area contributed by atoms with E-state index in [-0.39, 0.29) is 22.9 Å². The van der Waals surface area contributed by atoms with Gasteiger partial charge in [-0.25, -0.2) is 8.42 Å². The minimum atomic E-state index is -3.67. The Hall–Kier alpha value is -2.38. The van der Waals surface area contributed by atoms with Crippen LogP contribution in [0.3, 0.4) is 0 Å². The minimum absolute atomic E-state index is 0.0181. The first-order valence-corrected chi connectivity index (χ1v) is 11.7. The maximum atomic E-state index is 13.5. The van der Waals surface area contributed by atoms with Gasteiger partial charge in [0, 0.05) is 30.4 Å². The van der Waals surface area contributed by atoms with Gasteiger partial charge >= 0.3 is 0 Å². The molecule has 0 saturated heterocycles. The molecule has 0 heterocycles. The van der Waals surface area contributed by atoms with Crippen LogP contribution in [0.5, 0.6) is 5.75 Å². The van der Waals surface area contributed by atoms with Crippen molar-refractivity contribution in [1.82, 2.24) is 4.31 Å². The third kappa shape index (κ3) is 4.52. The third-order valence-corrected chi connectivity index (χ3v) is 7.80. The number of hydrogen-bond donors (Lipinski definition) is 0. The number of benzene rings is 2. The van der Waals surface area contributed by atoms with E-state index in [1.807, 2.05) is 45.0 Å². The van der Waals surface area contributed by atoms with Crippen molar-refractivity contribution < 1.29 is 17.9 Å². The fraction of sp³-hybridized carbons (Fsp3) is 0.435. The van der Waals surface area contributed by atoms with Crippen LogP contribution in [-0.2, 0) is 10.0 Å². The van der Waals surface area contributed by atoms with E-state index in [2.05, 4.69) is 0 Å². The minimum Gasteiger partial charge on any atom is -0.497 e. The average molecular weight is 431 g/mol. The van der Waals surface area contributed by atoms with Crippen LogP contribution in [0.1, 0.15) is 44.0 Å². The molecular formula is C23H30N2O4S. The van der Waals surface area contributed by atoms with E-state index in [1.165, 1.54) is 16.4 Å². The summed E-state index contributed by atoms with van der Waals surface area (Å²) in [7, 11) is -0.521. The SMILES string of the molecule is COc1ccc(N(C(=O)c2cccc(S(=O)(=O)N(C)C(C)C)c2)C(C)C2CC2)cc1. The summed E-state index contributed by atoms with van der Waals surface area (Å²) < 4.78 is 32.3. The molecule has 0 spiro atoms. The van der Waals surface area contributed by atoms with Gasteiger partial charge in [-0.2, -0.15) is 4.31 Å². The summed E-state index contributed by atoms with van der Waals surface area (Å²) in [5, 5.41) is 0. The molecule has 1 saturated carbocycles. The molecule has 6 nitrogen and oxygen atoms in total. The summed E-state index contributed by atoms with van der Waals surface area (Å²) in [6, 6.07) is 13.5. The zero-order chi connectivity index (χ0) is 22.1. The largest absolute Gasteiger partial charge is 0.497 e. The predicted molar refractivity (Wildman–Crippen MR) is 119 cm³/mol. The Balaban J connectivity index is 1.98. The predicted octanol–water partition coefficient (Wildman–Crippen LogP) is 4.17. The second-order valence-electron chi connectivity index (χ2n) is 8.09. The lowest BCUT2D eigenvalue weighted by molar-refractivity contribution is 0.0975. The van der Waals surface area contributed by atoms with Crippen LogP contribution in [0.4, 0.5) is 5.69 Å². The average Bonchev–Trinajstić information content (AvgIpc) is 3.59. The Labute approximate surface area is 179 Å². The van der Waals surface area contributed by atoms with Crippen molar-refractivity contribution in [2.75, 3.05) is 19.1 Å². The lowest BCUT2D eigenvalue weighted by Crippen LogP contribution is -2.40. The van der Waals surface area contributed by atoms with Crippen molar-refractivity contribution >= 4 is 21.6 Å². The summed E-state index contributed by atoms with van der Waals surface area (Å²) in [5.41, 5.74) is 1.13. The first kappa shape index (κ1) is 22.3. The molecule has 1 amide bonds. The first-order valence-electron chi connectivity index (χ1n) is 10.2. The number of hydrogen-bond acceptors (Lipinski definition) is 4. The molecular weight excluding hydrogens is 400 g/mol. The first-order chi connectivity index (χ1) is 14.2. The van der Waals surface area contributed by atoms with Crippen molar-refractivity contribution in [3.8, 4) is 5.75 Å². The normalized spacial score (nSPS) is 15.3. The maximum absolute atomic E-state index is 13.5. The zero-order valence-corrected chi connectivity index (χ0v) is 19.0. The van der Waals surface area contributed by atoms with Gasteiger partial charge in [-0.05, 0) is 82.0 Å². The molecule has 1 atom stereocenters. The lowest BCUT2D eigenvalue weighted by Gasteiger charge is -2.30. The number of sulfonamides is 1. The van der Waals surface area contributed by atoms with Crippen LogP contribution >= 0.6 is 0 Å². The molecule has 1 aliphatic carbocycles. The molecule has 3 rings (SSSR count). The van der Waals surface area contributed by atoms with Crippen molar-refractivity contribution in [2.24, 2.45) is 5.92 Å². The Bertz CT molecular complexity index is 998. The van der Waals surface area contributed by atoms with Gasteiger partial charge in [0.1, 0.15) is 5.75 Å². The van der Waals surface area contributed by atoms with Gasteiger partial charge in [0.2, 0.25) is 10.0 Å². The van der Waals surface area contributed by atoms with Gasteiger partial charge in [-0.3, -0.25) is 4.79 Å². The van der Waals surface area contributed by atoms with E-state index < -0.39 is 10.0 Å². The second-order valence-corrected chi connectivity index (χ2v) is 10.1. The van der Waals surface area contributed by atoms with Gasteiger partial charge in [0.15, 0.2) is 0 Å². The number of rotatable bonds is 8. The Kier molecular flexibility index (Phi) is 6.53. The monoisotopic (exact) mass is 430 g/mol. The summed E-state index contributed by atoms with van der Waals surface area (Å²) >= 11 is 0. The number of anilines is 1. The summed E-state index contributed by atoms with van der Waals surface area (Å²) in [6.45, 7) is 5.68. The molecule has 0 N–H and O–H groups in total. The van der Waals surface area contributed by atoms with E-state index in [0.29, 0.717) is 11.5 Å². The molecule has 0 aromatic heterocycles. The van der Waals surface area contributed by atoms with E-state index >= 15 is 0 Å². The van der Waals surface area contributed by atoms with Crippen LogP contribution < -0.4 is 9.64 Å². The molecule has 2 aromatic carbocycles. The van der Waals surface area contributed by atoms with Gasteiger partial charge in [-0.1, -0.05) is 6.07 Å². The quantitative estimate of drug-likeness (QED) is 0.630. The topological polar surface area (TPSA) is 66.9 Å².